The first-order valence-electron chi connectivity index (χ1n) is 7.49. The number of carbonyl (C=O) groups is 3. The summed E-state index contributed by atoms with van der Waals surface area (Å²) in [6.07, 6.45) is 4.31. The van der Waals surface area contributed by atoms with Crippen molar-refractivity contribution >= 4 is 23.4 Å². The smallest absolute Gasteiger partial charge is 0.313 e. The number of hydrogen-bond acceptors (Lipinski definition) is 3. The van der Waals surface area contributed by atoms with E-state index in [4.69, 9.17) is 5.73 Å². The van der Waals surface area contributed by atoms with Crippen LogP contribution >= 0.6 is 0 Å². The van der Waals surface area contributed by atoms with Crippen LogP contribution in [-0.4, -0.2) is 24.3 Å². The van der Waals surface area contributed by atoms with Gasteiger partial charge < -0.3 is 16.4 Å². The summed E-state index contributed by atoms with van der Waals surface area (Å²) in [6, 6.07) is 6.63. The van der Waals surface area contributed by atoms with Crippen molar-refractivity contribution in [1.82, 2.24) is 5.32 Å². The molecule has 0 aliphatic carbocycles. The summed E-state index contributed by atoms with van der Waals surface area (Å²) in [5.41, 5.74) is 6.35. The molecule has 120 valence electrons. The summed E-state index contributed by atoms with van der Waals surface area (Å²) in [4.78, 5) is 34.1. The van der Waals surface area contributed by atoms with Gasteiger partial charge in [0.25, 0.3) is 0 Å². The highest BCUT2D eigenvalue weighted by atomic mass is 16.2. The molecule has 0 saturated heterocycles. The van der Waals surface area contributed by atoms with Crippen LogP contribution in [0.1, 0.15) is 38.2 Å². The third-order valence-electron chi connectivity index (χ3n) is 3.11. The monoisotopic (exact) mass is 305 g/mol. The standard InChI is InChI=1S/C16H23N3O3/c1-2-3-4-5-10-18-15(21)16(22)19-13-8-6-12(7-9-13)11-14(17)20/h6-9H,2-5,10-11H2,1H3,(H2,17,20)(H,18,21)(H,19,22). The Morgan fingerprint density at radius 1 is 1.00 bits per heavy atom. The zero-order chi connectivity index (χ0) is 16.4. The van der Waals surface area contributed by atoms with E-state index in [9.17, 15) is 14.4 Å². The predicted molar refractivity (Wildman–Crippen MR) is 85.1 cm³/mol. The number of rotatable bonds is 8. The number of hydrogen-bond donors (Lipinski definition) is 3. The van der Waals surface area contributed by atoms with Crippen molar-refractivity contribution in [3.05, 3.63) is 29.8 Å². The average molecular weight is 305 g/mol. The summed E-state index contributed by atoms with van der Waals surface area (Å²) in [7, 11) is 0. The molecule has 0 heterocycles. The summed E-state index contributed by atoms with van der Waals surface area (Å²) < 4.78 is 0. The lowest BCUT2D eigenvalue weighted by molar-refractivity contribution is -0.136. The zero-order valence-corrected chi connectivity index (χ0v) is 12.9. The number of benzene rings is 1. The maximum absolute atomic E-state index is 11.7. The molecule has 0 aliphatic heterocycles. The van der Waals surface area contributed by atoms with E-state index in [1.165, 1.54) is 0 Å². The second kappa shape index (κ2) is 9.55. The Bertz CT molecular complexity index is 512. The Morgan fingerprint density at radius 3 is 2.27 bits per heavy atom. The summed E-state index contributed by atoms with van der Waals surface area (Å²) in [6.45, 7) is 2.62. The van der Waals surface area contributed by atoms with Crippen LogP contribution < -0.4 is 16.4 Å². The van der Waals surface area contributed by atoms with Gasteiger partial charge in [-0.25, -0.2) is 0 Å². The Hall–Kier alpha value is -2.37. The zero-order valence-electron chi connectivity index (χ0n) is 12.9. The van der Waals surface area contributed by atoms with Gasteiger partial charge in [0.15, 0.2) is 0 Å². The second-order valence-electron chi connectivity index (χ2n) is 5.11. The number of unbranched alkanes of at least 4 members (excludes halogenated alkanes) is 3. The fraction of sp³-hybridized carbons (Fsp3) is 0.438. The lowest BCUT2D eigenvalue weighted by atomic mass is 10.1. The van der Waals surface area contributed by atoms with Crippen LogP contribution in [0.15, 0.2) is 24.3 Å². The molecule has 4 N–H and O–H groups in total. The molecule has 6 heteroatoms. The number of carbonyl (C=O) groups excluding carboxylic acids is 3. The number of amides is 3. The van der Waals surface area contributed by atoms with Gasteiger partial charge in [-0.15, -0.1) is 0 Å². The van der Waals surface area contributed by atoms with E-state index >= 15 is 0 Å². The fourth-order valence-corrected chi connectivity index (χ4v) is 1.93. The Balaban J connectivity index is 2.37. The summed E-state index contributed by atoms with van der Waals surface area (Å²) >= 11 is 0. The molecule has 1 aromatic carbocycles. The molecule has 1 aromatic rings. The van der Waals surface area contributed by atoms with Crippen LogP contribution in [0.3, 0.4) is 0 Å². The third kappa shape index (κ3) is 6.88. The van der Waals surface area contributed by atoms with Crippen molar-refractivity contribution in [2.75, 3.05) is 11.9 Å². The molecule has 0 fully saturated rings. The van der Waals surface area contributed by atoms with Crippen LogP contribution in [0.25, 0.3) is 0 Å². The highest BCUT2D eigenvalue weighted by Gasteiger charge is 2.12. The molecule has 0 radical (unpaired) electrons. The minimum atomic E-state index is -0.696. The molecular weight excluding hydrogens is 282 g/mol. The topological polar surface area (TPSA) is 101 Å². The lowest BCUT2D eigenvalue weighted by Gasteiger charge is -2.07. The predicted octanol–water partition coefficient (Wildman–Crippen LogP) is 1.35. The maximum atomic E-state index is 11.7. The van der Waals surface area contributed by atoms with Crippen molar-refractivity contribution in [3.63, 3.8) is 0 Å². The molecule has 0 atom stereocenters. The molecule has 1 rings (SSSR count). The minimum Gasteiger partial charge on any atom is -0.369 e. The second-order valence-corrected chi connectivity index (χ2v) is 5.11. The number of anilines is 1. The largest absolute Gasteiger partial charge is 0.369 e. The van der Waals surface area contributed by atoms with Crippen LogP contribution in [0.5, 0.6) is 0 Å². The number of nitrogens with two attached hydrogens (primary N) is 1. The van der Waals surface area contributed by atoms with Gasteiger partial charge in [0.2, 0.25) is 5.91 Å². The van der Waals surface area contributed by atoms with Gasteiger partial charge in [-0.05, 0) is 24.1 Å². The number of primary amides is 1. The van der Waals surface area contributed by atoms with Crippen LogP contribution in [0, 0.1) is 0 Å². The quantitative estimate of drug-likeness (QED) is 0.499. The van der Waals surface area contributed by atoms with E-state index in [2.05, 4.69) is 17.6 Å². The summed E-state index contributed by atoms with van der Waals surface area (Å²) in [5, 5.41) is 5.09. The van der Waals surface area contributed by atoms with Gasteiger partial charge in [0.05, 0.1) is 6.42 Å². The molecule has 6 nitrogen and oxygen atoms in total. The van der Waals surface area contributed by atoms with E-state index in [1.807, 2.05) is 0 Å². The van der Waals surface area contributed by atoms with Crippen LogP contribution in [0.2, 0.25) is 0 Å². The van der Waals surface area contributed by atoms with E-state index in [-0.39, 0.29) is 6.42 Å². The highest BCUT2D eigenvalue weighted by molar-refractivity contribution is 6.39. The SMILES string of the molecule is CCCCCCNC(=O)C(=O)Nc1ccc(CC(N)=O)cc1. The molecule has 22 heavy (non-hydrogen) atoms. The van der Waals surface area contributed by atoms with Crippen molar-refractivity contribution in [2.24, 2.45) is 5.73 Å². The van der Waals surface area contributed by atoms with Gasteiger partial charge in [-0.2, -0.15) is 0 Å². The van der Waals surface area contributed by atoms with E-state index in [1.54, 1.807) is 24.3 Å². The number of nitrogens with one attached hydrogen (secondary N) is 2. The normalized spacial score (nSPS) is 10.0. The van der Waals surface area contributed by atoms with Crippen molar-refractivity contribution in [1.29, 1.82) is 0 Å². The minimum absolute atomic E-state index is 0.145. The molecule has 3 amide bonds. The molecule has 0 aliphatic rings. The van der Waals surface area contributed by atoms with Crippen molar-refractivity contribution in [3.8, 4) is 0 Å². The Kier molecular flexibility index (Phi) is 7.67. The fourth-order valence-electron chi connectivity index (χ4n) is 1.93. The molecule has 0 spiro atoms. The highest BCUT2D eigenvalue weighted by Crippen LogP contribution is 2.09. The molecule has 0 unspecified atom stereocenters. The molecule has 0 aromatic heterocycles. The van der Waals surface area contributed by atoms with Gasteiger partial charge >= 0.3 is 11.8 Å². The van der Waals surface area contributed by atoms with Crippen molar-refractivity contribution < 1.29 is 14.4 Å². The van der Waals surface area contributed by atoms with Crippen LogP contribution in [0.4, 0.5) is 5.69 Å². The van der Waals surface area contributed by atoms with Gasteiger partial charge in [-0.3, -0.25) is 14.4 Å². The van der Waals surface area contributed by atoms with E-state index in [0.717, 1.165) is 31.2 Å². The lowest BCUT2D eigenvalue weighted by Crippen LogP contribution is -2.35. The van der Waals surface area contributed by atoms with E-state index in [0.29, 0.717) is 12.2 Å². The van der Waals surface area contributed by atoms with Gasteiger partial charge in [0, 0.05) is 12.2 Å². The van der Waals surface area contributed by atoms with E-state index < -0.39 is 17.7 Å². The third-order valence-corrected chi connectivity index (χ3v) is 3.11. The summed E-state index contributed by atoms with van der Waals surface area (Å²) in [5.74, 6) is -1.75. The first-order valence-corrected chi connectivity index (χ1v) is 7.49. The van der Waals surface area contributed by atoms with Gasteiger partial charge in [0.1, 0.15) is 0 Å². The van der Waals surface area contributed by atoms with Crippen molar-refractivity contribution in [2.45, 2.75) is 39.0 Å². The Morgan fingerprint density at radius 2 is 1.68 bits per heavy atom. The molecular formula is C16H23N3O3. The maximum Gasteiger partial charge on any atom is 0.313 e. The average Bonchev–Trinajstić information content (AvgIpc) is 2.48. The first-order chi connectivity index (χ1) is 10.5. The first kappa shape index (κ1) is 17.7. The van der Waals surface area contributed by atoms with Gasteiger partial charge in [-0.1, -0.05) is 38.3 Å². The van der Waals surface area contributed by atoms with Crippen LogP contribution in [-0.2, 0) is 20.8 Å². The molecule has 0 saturated carbocycles. The Labute approximate surface area is 130 Å². The molecule has 0 bridgehead atoms.